The molecule has 0 aliphatic carbocycles. The molecule has 1 fully saturated rings. The van der Waals surface area contributed by atoms with E-state index >= 15 is 0 Å². The minimum Gasteiger partial charge on any atom is -0.493 e. The first-order valence-corrected chi connectivity index (χ1v) is 10.9. The minimum atomic E-state index is -0.694. The Morgan fingerprint density at radius 3 is 2.36 bits per heavy atom. The second-order valence-electron chi connectivity index (χ2n) is 6.93. The number of amides is 3. The maximum atomic E-state index is 13.3. The monoisotopic (exact) mass is 470 g/mol. The first-order valence-electron chi connectivity index (χ1n) is 9.74. The maximum Gasteiger partial charge on any atom is 0.255 e. The van der Waals surface area contributed by atoms with Crippen molar-refractivity contribution in [3.63, 3.8) is 0 Å². The molecule has 0 aromatic heterocycles. The number of rotatable bonds is 8. The zero-order valence-corrected chi connectivity index (χ0v) is 18.8. The van der Waals surface area contributed by atoms with E-state index in [1.54, 1.807) is 24.3 Å². The first-order chi connectivity index (χ1) is 15.9. The lowest BCUT2D eigenvalue weighted by atomic mass is 10.1. The van der Waals surface area contributed by atoms with Gasteiger partial charge in [0.2, 0.25) is 11.7 Å². The highest BCUT2D eigenvalue weighted by Crippen LogP contribution is 2.39. The van der Waals surface area contributed by atoms with E-state index in [1.165, 1.54) is 43.0 Å². The molecule has 1 atom stereocenters. The van der Waals surface area contributed by atoms with Gasteiger partial charge in [-0.3, -0.25) is 14.4 Å². The van der Waals surface area contributed by atoms with E-state index in [4.69, 9.17) is 25.2 Å². The summed E-state index contributed by atoms with van der Waals surface area (Å²) in [6, 6.07) is 10.7. The van der Waals surface area contributed by atoms with E-state index in [1.807, 2.05) is 6.07 Å². The molecule has 1 aliphatic rings. The molecule has 1 aliphatic heterocycles. The number of thioether (sulfide) groups is 1. The predicted octanol–water partition coefficient (Wildman–Crippen LogP) is 1.59. The molecular weight excluding hydrogens is 448 g/mol. The number of anilines is 1. The molecule has 172 valence electrons. The van der Waals surface area contributed by atoms with Crippen LogP contribution in [0.15, 0.2) is 36.4 Å². The quantitative estimate of drug-likeness (QED) is 0.592. The molecule has 3 rings (SSSR count). The number of benzene rings is 2. The van der Waals surface area contributed by atoms with Gasteiger partial charge in [0.15, 0.2) is 18.1 Å². The summed E-state index contributed by atoms with van der Waals surface area (Å²) in [7, 11) is 2.78. The fraction of sp³-hybridized carbons (Fsp3) is 0.273. The van der Waals surface area contributed by atoms with Crippen LogP contribution in [0, 0.1) is 11.3 Å². The van der Waals surface area contributed by atoms with Crippen molar-refractivity contribution in [3.05, 3.63) is 47.5 Å². The van der Waals surface area contributed by atoms with E-state index in [0.717, 1.165) is 0 Å². The highest BCUT2D eigenvalue weighted by atomic mass is 32.2. The van der Waals surface area contributed by atoms with Gasteiger partial charge in [0.05, 0.1) is 31.7 Å². The molecule has 0 saturated carbocycles. The van der Waals surface area contributed by atoms with Crippen LogP contribution in [0.4, 0.5) is 5.69 Å². The highest BCUT2D eigenvalue weighted by molar-refractivity contribution is 7.99. The third kappa shape index (κ3) is 5.48. The summed E-state index contributed by atoms with van der Waals surface area (Å²) in [4.78, 5) is 38.7. The van der Waals surface area contributed by atoms with E-state index in [9.17, 15) is 14.4 Å². The Labute approximate surface area is 194 Å². The fourth-order valence-electron chi connectivity index (χ4n) is 3.17. The Morgan fingerprint density at radius 1 is 1.18 bits per heavy atom. The molecule has 0 bridgehead atoms. The van der Waals surface area contributed by atoms with Crippen LogP contribution in [-0.2, 0) is 9.59 Å². The summed E-state index contributed by atoms with van der Waals surface area (Å²) in [6.45, 7) is -0.389. The van der Waals surface area contributed by atoms with Crippen LogP contribution in [0.2, 0.25) is 0 Å². The normalized spacial score (nSPS) is 14.8. The summed E-state index contributed by atoms with van der Waals surface area (Å²) in [6.07, 6.45) is 0. The summed E-state index contributed by atoms with van der Waals surface area (Å²) in [5, 5.41) is 11.7. The molecule has 1 saturated heterocycles. The van der Waals surface area contributed by atoms with Crippen molar-refractivity contribution < 1.29 is 28.6 Å². The minimum absolute atomic E-state index is 0.140. The largest absolute Gasteiger partial charge is 0.493 e. The molecule has 33 heavy (non-hydrogen) atoms. The molecular formula is C22H22N4O6S. The molecule has 3 amide bonds. The maximum absolute atomic E-state index is 13.3. The van der Waals surface area contributed by atoms with Crippen LogP contribution in [0.1, 0.15) is 15.9 Å². The molecule has 0 radical (unpaired) electrons. The van der Waals surface area contributed by atoms with Crippen molar-refractivity contribution in [1.29, 1.82) is 5.26 Å². The van der Waals surface area contributed by atoms with Crippen molar-refractivity contribution in [3.8, 4) is 23.3 Å². The van der Waals surface area contributed by atoms with Crippen LogP contribution >= 0.6 is 11.8 Å². The van der Waals surface area contributed by atoms with E-state index in [-0.39, 0.29) is 35.3 Å². The second-order valence-corrected chi connectivity index (χ2v) is 7.93. The molecule has 10 nitrogen and oxygen atoms in total. The Bertz CT molecular complexity index is 1070. The average molecular weight is 471 g/mol. The lowest BCUT2D eigenvalue weighted by Gasteiger charge is -2.24. The van der Waals surface area contributed by atoms with Gasteiger partial charge in [0.25, 0.3) is 11.8 Å². The number of nitrogens with two attached hydrogens (primary N) is 1. The number of methoxy groups -OCH3 is 2. The Kier molecular flexibility index (Phi) is 7.63. The summed E-state index contributed by atoms with van der Waals surface area (Å²) in [5.41, 5.74) is 6.38. The van der Waals surface area contributed by atoms with Gasteiger partial charge in [-0.25, -0.2) is 0 Å². The smallest absolute Gasteiger partial charge is 0.255 e. The van der Waals surface area contributed by atoms with Gasteiger partial charge in [-0.2, -0.15) is 5.26 Å². The number of primary amides is 1. The fourth-order valence-corrected chi connectivity index (χ4v) is 4.32. The van der Waals surface area contributed by atoms with E-state index in [0.29, 0.717) is 22.9 Å². The van der Waals surface area contributed by atoms with Crippen LogP contribution in [0.25, 0.3) is 0 Å². The van der Waals surface area contributed by atoms with Gasteiger partial charge in [-0.1, -0.05) is 0 Å². The topological polar surface area (TPSA) is 144 Å². The van der Waals surface area contributed by atoms with Gasteiger partial charge < -0.3 is 30.2 Å². The Morgan fingerprint density at radius 2 is 1.82 bits per heavy atom. The van der Waals surface area contributed by atoms with E-state index < -0.39 is 17.9 Å². The van der Waals surface area contributed by atoms with Gasteiger partial charge >= 0.3 is 0 Å². The van der Waals surface area contributed by atoms with Crippen LogP contribution in [0.3, 0.4) is 0 Å². The second kappa shape index (κ2) is 10.6. The van der Waals surface area contributed by atoms with Crippen LogP contribution in [-0.4, -0.2) is 61.1 Å². The molecule has 1 unspecified atom stereocenters. The third-order valence-electron chi connectivity index (χ3n) is 4.79. The molecule has 0 spiro atoms. The third-order valence-corrected chi connectivity index (χ3v) is 5.81. The van der Waals surface area contributed by atoms with Gasteiger partial charge in [-0.05, 0) is 36.4 Å². The number of carbonyl (C=O) groups excluding carboxylic acids is 3. The summed E-state index contributed by atoms with van der Waals surface area (Å²) < 4.78 is 16.0. The zero-order chi connectivity index (χ0) is 24.0. The Hall–Kier alpha value is -3.91. The zero-order valence-electron chi connectivity index (χ0n) is 18.0. The number of nitriles is 1. The van der Waals surface area contributed by atoms with Crippen molar-refractivity contribution in [1.82, 2.24) is 4.90 Å². The van der Waals surface area contributed by atoms with Crippen molar-refractivity contribution >= 4 is 35.2 Å². The van der Waals surface area contributed by atoms with Gasteiger partial charge in [0.1, 0.15) is 6.04 Å². The number of hydrogen-bond donors (Lipinski definition) is 2. The molecule has 2 aromatic carbocycles. The molecule has 1 heterocycles. The molecule has 2 aromatic rings. The van der Waals surface area contributed by atoms with Crippen LogP contribution in [0.5, 0.6) is 17.2 Å². The SMILES string of the molecule is COc1cc(C(=O)N2CSCC2C(=O)Nc2ccc(C#N)cc2)cc(OC)c1OCC(N)=O. The van der Waals surface area contributed by atoms with E-state index in [2.05, 4.69) is 5.32 Å². The number of hydrogen-bond acceptors (Lipinski definition) is 8. The number of nitrogens with zero attached hydrogens (tertiary/aromatic N) is 2. The lowest BCUT2D eigenvalue weighted by molar-refractivity contribution is -0.120. The number of ether oxygens (including phenoxy) is 3. The van der Waals surface area contributed by atoms with Gasteiger partial charge in [0, 0.05) is 17.0 Å². The summed E-state index contributed by atoms with van der Waals surface area (Å²) >= 11 is 1.46. The van der Waals surface area contributed by atoms with Crippen molar-refractivity contribution in [2.45, 2.75) is 6.04 Å². The highest BCUT2D eigenvalue weighted by Gasteiger charge is 2.36. The molecule has 3 N–H and O–H groups in total. The summed E-state index contributed by atoms with van der Waals surface area (Å²) in [5.74, 6) is -0.132. The van der Waals surface area contributed by atoms with Crippen molar-refractivity contribution in [2.24, 2.45) is 5.73 Å². The number of nitrogens with one attached hydrogen (secondary N) is 1. The van der Waals surface area contributed by atoms with Gasteiger partial charge in [-0.15, -0.1) is 11.8 Å². The van der Waals surface area contributed by atoms with Crippen LogP contribution < -0.4 is 25.3 Å². The lowest BCUT2D eigenvalue weighted by Crippen LogP contribution is -2.44. The first kappa shape index (κ1) is 23.7. The predicted molar refractivity (Wildman–Crippen MR) is 121 cm³/mol. The standard InChI is InChI=1S/C22H22N4O6S/c1-30-17-7-14(8-18(31-2)20(17)32-10-19(24)27)22(29)26-12-33-11-16(26)21(28)25-15-5-3-13(9-23)4-6-15/h3-8,16H,10-12H2,1-2H3,(H2,24,27)(H,25,28). The number of carbonyl (C=O) groups is 3. The Balaban J connectivity index is 1.81. The average Bonchev–Trinajstić information content (AvgIpc) is 3.32. The van der Waals surface area contributed by atoms with Crippen molar-refractivity contribution in [2.75, 3.05) is 37.8 Å². The molecule has 11 heteroatoms.